The maximum Gasteiger partial charge on any atom is 0.339 e. The molecule has 1 atom stereocenters. The largest absolute Gasteiger partial charge is 0.452 e. The number of carbonyl (C=O) groups excluding carboxylic acids is 3. The van der Waals surface area contributed by atoms with Crippen LogP contribution >= 0.6 is 11.8 Å². The van der Waals surface area contributed by atoms with Crippen molar-refractivity contribution < 1.29 is 23.9 Å². The van der Waals surface area contributed by atoms with E-state index in [1.807, 2.05) is 18.0 Å². The molecule has 3 rings (SSSR count). The van der Waals surface area contributed by atoms with Crippen molar-refractivity contribution >= 4 is 29.5 Å². The van der Waals surface area contributed by atoms with Crippen LogP contribution in [-0.2, 0) is 19.1 Å². The molecule has 0 radical (unpaired) electrons. The molecule has 1 aromatic rings. The summed E-state index contributed by atoms with van der Waals surface area (Å²) in [5.41, 5.74) is 0.368. The summed E-state index contributed by atoms with van der Waals surface area (Å²) < 4.78 is 10.7. The molecule has 2 aliphatic rings. The van der Waals surface area contributed by atoms with Gasteiger partial charge in [0.15, 0.2) is 6.61 Å². The fourth-order valence-electron chi connectivity index (χ4n) is 3.97. The summed E-state index contributed by atoms with van der Waals surface area (Å²) in [4.78, 5) is 39.6. The number of hydrogen-bond donors (Lipinski definition) is 1. The standard InChI is InChI=1S/C23H32N2O5S/c1-25(17-8-3-2-4-9-17)22(27)16-31-20-12-6-5-11-19(20)23(28)30-15-21(26)24-14-18-10-7-13-29-18/h5-6,11-12,17-18H,2-4,7-10,13-16H2,1H3,(H,24,26)/t18-/m0/s1. The van der Waals surface area contributed by atoms with Crippen molar-refractivity contribution in [3.05, 3.63) is 29.8 Å². The molecule has 170 valence electrons. The van der Waals surface area contributed by atoms with E-state index in [0.717, 1.165) is 32.3 Å². The van der Waals surface area contributed by atoms with Gasteiger partial charge >= 0.3 is 5.97 Å². The number of esters is 1. The first-order chi connectivity index (χ1) is 15.0. The lowest BCUT2D eigenvalue weighted by molar-refractivity contribution is -0.129. The van der Waals surface area contributed by atoms with Crippen LogP contribution in [0.3, 0.4) is 0 Å². The third kappa shape index (κ3) is 7.25. The molecule has 1 N–H and O–H groups in total. The molecule has 31 heavy (non-hydrogen) atoms. The summed E-state index contributed by atoms with van der Waals surface area (Å²) in [6.45, 7) is 0.816. The van der Waals surface area contributed by atoms with Crippen LogP contribution in [0.15, 0.2) is 29.2 Å². The van der Waals surface area contributed by atoms with Gasteiger partial charge in [-0.3, -0.25) is 9.59 Å². The normalized spacial score (nSPS) is 19.1. The van der Waals surface area contributed by atoms with Crippen molar-refractivity contribution in [1.29, 1.82) is 0 Å². The molecule has 1 saturated heterocycles. The Morgan fingerprint density at radius 1 is 1.13 bits per heavy atom. The number of ether oxygens (including phenoxy) is 2. The van der Waals surface area contributed by atoms with Crippen molar-refractivity contribution in [2.24, 2.45) is 0 Å². The van der Waals surface area contributed by atoms with Crippen LogP contribution in [0.5, 0.6) is 0 Å². The van der Waals surface area contributed by atoms with Gasteiger partial charge in [-0.25, -0.2) is 4.79 Å². The number of thioether (sulfide) groups is 1. The Balaban J connectivity index is 1.46. The first-order valence-corrected chi connectivity index (χ1v) is 12.1. The van der Waals surface area contributed by atoms with Crippen LogP contribution in [0.1, 0.15) is 55.3 Å². The molecule has 1 aliphatic heterocycles. The Morgan fingerprint density at radius 3 is 2.65 bits per heavy atom. The molecule has 0 spiro atoms. The lowest BCUT2D eigenvalue weighted by Gasteiger charge is -2.31. The summed E-state index contributed by atoms with van der Waals surface area (Å²) in [6.07, 6.45) is 7.69. The van der Waals surface area contributed by atoms with E-state index in [0.29, 0.717) is 23.0 Å². The highest BCUT2D eigenvalue weighted by Gasteiger charge is 2.23. The minimum atomic E-state index is -0.566. The molecule has 0 bridgehead atoms. The van der Waals surface area contributed by atoms with Gasteiger partial charge in [0, 0.05) is 31.1 Å². The molecular weight excluding hydrogens is 416 g/mol. The van der Waals surface area contributed by atoms with Crippen LogP contribution in [-0.4, -0.2) is 67.4 Å². The van der Waals surface area contributed by atoms with Crippen LogP contribution in [0.4, 0.5) is 0 Å². The minimum Gasteiger partial charge on any atom is -0.452 e. The maximum absolute atomic E-state index is 12.6. The summed E-state index contributed by atoms with van der Waals surface area (Å²) in [5.74, 6) is -0.589. The van der Waals surface area contributed by atoms with Crippen LogP contribution in [0.2, 0.25) is 0 Å². The van der Waals surface area contributed by atoms with E-state index >= 15 is 0 Å². The first kappa shape index (κ1) is 23.6. The topological polar surface area (TPSA) is 84.9 Å². The van der Waals surface area contributed by atoms with Crippen molar-refractivity contribution in [1.82, 2.24) is 10.2 Å². The Bertz CT molecular complexity index is 760. The average molecular weight is 449 g/mol. The predicted octanol–water partition coefficient (Wildman–Crippen LogP) is 3.02. The average Bonchev–Trinajstić information content (AvgIpc) is 3.33. The van der Waals surface area contributed by atoms with Gasteiger partial charge in [-0.1, -0.05) is 31.4 Å². The van der Waals surface area contributed by atoms with Crippen molar-refractivity contribution in [2.45, 2.75) is 62.0 Å². The summed E-state index contributed by atoms with van der Waals surface area (Å²) in [7, 11) is 1.87. The lowest BCUT2D eigenvalue weighted by atomic mass is 9.94. The first-order valence-electron chi connectivity index (χ1n) is 11.1. The molecular formula is C23H32N2O5S. The van der Waals surface area contributed by atoms with E-state index in [2.05, 4.69) is 5.32 Å². The molecule has 2 amide bonds. The van der Waals surface area contributed by atoms with Crippen LogP contribution in [0.25, 0.3) is 0 Å². The molecule has 0 aromatic heterocycles. The highest BCUT2D eigenvalue weighted by atomic mass is 32.2. The highest BCUT2D eigenvalue weighted by Crippen LogP contribution is 2.26. The predicted molar refractivity (Wildman–Crippen MR) is 119 cm³/mol. The van der Waals surface area contributed by atoms with Gasteiger partial charge in [0.1, 0.15) is 0 Å². The number of benzene rings is 1. The second-order valence-electron chi connectivity index (χ2n) is 8.10. The van der Waals surface area contributed by atoms with E-state index < -0.39 is 5.97 Å². The van der Waals surface area contributed by atoms with Crippen molar-refractivity contribution in [3.8, 4) is 0 Å². The fourth-order valence-corrected chi connectivity index (χ4v) is 4.93. The van der Waals surface area contributed by atoms with E-state index in [1.165, 1.54) is 31.0 Å². The molecule has 1 heterocycles. The quantitative estimate of drug-likeness (QED) is 0.462. The third-order valence-electron chi connectivity index (χ3n) is 5.86. The number of amides is 2. The Labute approximate surface area is 188 Å². The van der Waals surface area contributed by atoms with E-state index in [1.54, 1.807) is 18.2 Å². The Morgan fingerprint density at radius 2 is 1.90 bits per heavy atom. The van der Waals surface area contributed by atoms with E-state index in [-0.39, 0.29) is 30.3 Å². The highest BCUT2D eigenvalue weighted by molar-refractivity contribution is 8.00. The molecule has 8 heteroatoms. The molecule has 1 saturated carbocycles. The van der Waals surface area contributed by atoms with Gasteiger partial charge in [-0.15, -0.1) is 11.8 Å². The molecule has 0 unspecified atom stereocenters. The smallest absolute Gasteiger partial charge is 0.339 e. The van der Waals surface area contributed by atoms with Gasteiger partial charge in [0.05, 0.1) is 17.4 Å². The van der Waals surface area contributed by atoms with Gasteiger partial charge in [-0.2, -0.15) is 0 Å². The number of carbonyl (C=O) groups is 3. The Hall–Kier alpha value is -2.06. The van der Waals surface area contributed by atoms with E-state index in [9.17, 15) is 14.4 Å². The van der Waals surface area contributed by atoms with Gasteiger partial charge < -0.3 is 19.7 Å². The molecule has 1 aromatic carbocycles. The van der Waals surface area contributed by atoms with Crippen molar-refractivity contribution in [2.75, 3.05) is 32.6 Å². The van der Waals surface area contributed by atoms with E-state index in [4.69, 9.17) is 9.47 Å². The zero-order valence-electron chi connectivity index (χ0n) is 18.1. The fraction of sp³-hybridized carbons (Fsp3) is 0.609. The van der Waals surface area contributed by atoms with Crippen LogP contribution in [0, 0.1) is 0 Å². The van der Waals surface area contributed by atoms with Gasteiger partial charge in [0.25, 0.3) is 5.91 Å². The summed E-state index contributed by atoms with van der Waals surface area (Å²) in [6, 6.07) is 7.34. The van der Waals surface area contributed by atoms with Crippen molar-refractivity contribution in [3.63, 3.8) is 0 Å². The van der Waals surface area contributed by atoms with Gasteiger partial charge in [0.2, 0.25) is 5.91 Å². The monoisotopic (exact) mass is 448 g/mol. The van der Waals surface area contributed by atoms with Crippen LogP contribution < -0.4 is 5.32 Å². The zero-order valence-corrected chi connectivity index (χ0v) is 19.0. The number of nitrogens with zero attached hydrogens (tertiary/aromatic N) is 1. The number of nitrogens with one attached hydrogen (secondary N) is 1. The molecule has 2 fully saturated rings. The number of rotatable bonds is 9. The minimum absolute atomic E-state index is 0.0426. The molecule has 7 nitrogen and oxygen atoms in total. The lowest BCUT2D eigenvalue weighted by Crippen LogP contribution is -2.39. The third-order valence-corrected chi connectivity index (χ3v) is 6.92. The second kappa shape index (κ2) is 12.1. The summed E-state index contributed by atoms with van der Waals surface area (Å²) in [5, 5.41) is 2.73. The van der Waals surface area contributed by atoms with Gasteiger partial charge in [-0.05, 0) is 37.8 Å². The second-order valence-corrected chi connectivity index (χ2v) is 9.11. The zero-order chi connectivity index (χ0) is 22.1. The Kier molecular flexibility index (Phi) is 9.21. The number of hydrogen-bond acceptors (Lipinski definition) is 6. The summed E-state index contributed by atoms with van der Waals surface area (Å²) >= 11 is 1.33. The SMILES string of the molecule is CN(C(=O)CSc1ccccc1C(=O)OCC(=O)NC[C@@H]1CCCO1)C1CCCCC1. The molecule has 1 aliphatic carbocycles. The maximum atomic E-state index is 12.6.